The van der Waals surface area contributed by atoms with Crippen LogP contribution in [0.5, 0.6) is 0 Å². The Balaban J connectivity index is 0. The van der Waals surface area contributed by atoms with Crippen LogP contribution in [0.25, 0.3) is 0 Å². The third-order valence-electron chi connectivity index (χ3n) is 1.20. The van der Waals surface area contributed by atoms with Crippen molar-refractivity contribution in [1.82, 2.24) is 4.90 Å². The molecule has 0 aromatic rings. The highest BCUT2D eigenvalue weighted by Crippen LogP contribution is 1.96. The van der Waals surface area contributed by atoms with Gasteiger partial charge in [0.05, 0.1) is 21.1 Å². The summed E-state index contributed by atoms with van der Waals surface area (Å²) in [6, 6.07) is 0. The fourth-order valence-electron chi connectivity index (χ4n) is 1.10. The number of carbonyl (C=O) groups is 1. The van der Waals surface area contributed by atoms with Crippen LogP contribution in [0.3, 0.4) is 0 Å². The number of carboxylic acids is 1. The molecule has 0 aliphatic heterocycles. The van der Waals surface area contributed by atoms with E-state index in [2.05, 4.69) is 26.1 Å². The Morgan fingerprint density at radius 1 is 1.29 bits per heavy atom. The lowest BCUT2D eigenvalue weighted by Crippen LogP contribution is -2.48. The van der Waals surface area contributed by atoms with E-state index in [-0.39, 0.29) is 0 Å². The maximum Gasteiger partial charge on any atom is 0.298 e. The molecule has 0 amide bonds. The molecule has 0 heterocycles. The van der Waals surface area contributed by atoms with E-state index >= 15 is 0 Å². The summed E-state index contributed by atoms with van der Waals surface area (Å²) < 4.78 is 0.767. The Morgan fingerprint density at radius 2 is 1.57 bits per heavy atom. The molecular formula is C9H21N3O2. The molecular weight excluding hydrogens is 182 g/mol. The first kappa shape index (κ1) is 15.4. The van der Waals surface area contributed by atoms with E-state index in [0.29, 0.717) is 0 Å². The number of aliphatic carboxylic acids is 1. The van der Waals surface area contributed by atoms with E-state index in [9.17, 15) is 0 Å². The van der Waals surface area contributed by atoms with Crippen molar-refractivity contribution in [3.63, 3.8) is 0 Å². The minimum atomic E-state index is -1.08. The zero-order valence-electron chi connectivity index (χ0n) is 10.2. The SMILES string of the molecule is CC(=O)[O-].CN=C(N(C)C)[N+](C)(C)C. The summed E-state index contributed by atoms with van der Waals surface area (Å²) in [5.74, 6) is -0.0139. The summed E-state index contributed by atoms with van der Waals surface area (Å²) in [6.45, 7) is 0.972. The maximum atomic E-state index is 8.89. The van der Waals surface area contributed by atoms with Crippen LogP contribution >= 0.6 is 0 Å². The van der Waals surface area contributed by atoms with E-state index in [1.165, 1.54) is 0 Å². The summed E-state index contributed by atoms with van der Waals surface area (Å²) in [7, 11) is 12.1. The van der Waals surface area contributed by atoms with E-state index < -0.39 is 5.97 Å². The Labute approximate surface area is 86.2 Å². The molecule has 0 rings (SSSR count). The summed E-state index contributed by atoms with van der Waals surface area (Å²) in [5, 5.41) is 8.89. The van der Waals surface area contributed by atoms with Gasteiger partial charge in [-0.25, -0.2) is 4.99 Å². The van der Waals surface area contributed by atoms with Crippen LogP contribution < -0.4 is 5.11 Å². The van der Waals surface area contributed by atoms with Crippen molar-refractivity contribution < 1.29 is 14.4 Å². The van der Waals surface area contributed by atoms with Crippen molar-refractivity contribution in [3.05, 3.63) is 0 Å². The van der Waals surface area contributed by atoms with Crippen LogP contribution in [0.2, 0.25) is 0 Å². The van der Waals surface area contributed by atoms with E-state index in [1.54, 1.807) is 0 Å². The van der Waals surface area contributed by atoms with Gasteiger partial charge in [0.1, 0.15) is 0 Å². The molecule has 0 aromatic heterocycles. The van der Waals surface area contributed by atoms with Gasteiger partial charge in [0.25, 0.3) is 5.96 Å². The lowest BCUT2D eigenvalue weighted by atomic mass is 10.6. The molecule has 0 atom stereocenters. The Morgan fingerprint density at radius 3 is 1.57 bits per heavy atom. The number of carboxylic acid groups (broad SMARTS) is 1. The van der Waals surface area contributed by atoms with Crippen molar-refractivity contribution >= 4 is 11.9 Å². The Hall–Kier alpha value is -1.10. The van der Waals surface area contributed by atoms with Crippen molar-refractivity contribution in [1.29, 1.82) is 0 Å². The minimum Gasteiger partial charge on any atom is -0.550 e. The molecule has 0 fully saturated rings. The van der Waals surface area contributed by atoms with Gasteiger partial charge in [-0.2, -0.15) is 0 Å². The minimum absolute atomic E-state index is 0.767. The van der Waals surface area contributed by atoms with Crippen molar-refractivity contribution in [2.45, 2.75) is 6.92 Å². The van der Waals surface area contributed by atoms with Crippen LogP contribution in [-0.4, -0.2) is 63.6 Å². The molecule has 0 bridgehead atoms. The largest absolute Gasteiger partial charge is 0.550 e. The summed E-state index contributed by atoms with van der Waals surface area (Å²) in [6.07, 6.45) is 0. The molecule has 0 aromatic carbocycles. The van der Waals surface area contributed by atoms with E-state index in [4.69, 9.17) is 9.90 Å². The molecule has 0 saturated heterocycles. The lowest BCUT2D eigenvalue weighted by Gasteiger charge is -2.28. The highest BCUT2D eigenvalue weighted by atomic mass is 16.4. The van der Waals surface area contributed by atoms with Crippen LogP contribution in [0.1, 0.15) is 6.92 Å². The molecule has 0 unspecified atom stereocenters. The molecule has 0 N–H and O–H groups in total. The standard InChI is InChI=1S/C7H18N3.C2H4O2/c1-8-7(9(2)3)10(4,5)6;1-2(3)4/h1-6H3;1H3,(H,3,4)/q+1;/p-1. The van der Waals surface area contributed by atoms with E-state index in [0.717, 1.165) is 17.4 Å². The molecule has 0 radical (unpaired) electrons. The average molecular weight is 203 g/mol. The number of aliphatic imine (C=N–C) groups is 1. The molecule has 14 heavy (non-hydrogen) atoms. The monoisotopic (exact) mass is 203 g/mol. The zero-order valence-corrected chi connectivity index (χ0v) is 10.2. The second kappa shape index (κ2) is 6.37. The normalized spacial score (nSPS) is 11.5. The first-order valence-electron chi connectivity index (χ1n) is 4.26. The zero-order chi connectivity index (χ0) is 11.9. The van der Waals surface area contributed by atoms with Gasteiger partial charge in [-0.1, -0.05) is 0 Å². The average Bonchev–Trinajstić information content (AvgIpc) is 1.81. The number of hydrogen-bond donors (Lipinski definition) is 0. The summed E-state index contributed by atoms with van der Waals surface area (Å²) >= 11 is 0. The second-order valence-corrected chi connectivity index (χ2v) is 3.92. The van der Waals surface area contributed by atoms with Gasteiger partial charge in [-0.3, -0.25) is 4.48 Å². The topological polar surface area (TPSA) is 55.7 Å². The predicted octanol–water partition coefficient (Wildman–Crippen LogP) is -1.00. The van der Waals surface area contributed by atoms with Gasteiger partial charge < -0.3 is 14.8 Å². The van der Waals surface area contributed by atoms with Crippen LogP contribution in [0.15, 0.2) is 4.99 Å². The number of guanidine groups is 1. The summed E-state index contributed by atoms with van der Waals surface area (Å²) in [4.78, 5) is 15.1. The maximum absolute atomic E-state index is 8.89. The summed E-state index contributed by atoms with van der Waals surface area (Å²) in [5.41, 5.74) is 0. The number of carbonyl (C=O) groups excluding carboxylic acids is 1. The first-order chi connectivity index (χ1) is 6.12. The molecule has 84 valence electrons. The fourth-order valence-corrected chi connectivity index (χ4v) is 1.10. The highest BCUT2D eigenvalue weighted by molar-refractivity contribution is 5.72. The van der Waals surface area contributed by atoms with Crippen molar-refractivity contribution in [3.8, 4) is 0 Å². The van der Waals surface area contributed by atoms with E-state index in [1.807, 2.05) is 26.0 Å². The van der Waals surface area contributed by atoms with Gasteiger partial charge in [0, 0.05) is 27.1 Å². The van der Waals surface area contributed by atoms with Crippen LogP contribution in [0.4, 0.5) is 0 Å². The highest BCUT2D eigenvalue weighted by Gasteiger charge is 2.18. The Bertz CT molecular complexity index is 201. The predicted molar refractivity (Wildman–Crippen MR) is 55.8 cm³/mol. The van der Waals surface area contributed by atoms with Gasteiger partial charge in [-0.15, -0.1) is 0 Å². The van der Waals surface area contributed by atoms with Gasteiger partial charge in [0.2, 0.25) is 0 Å². The fraction of sp³-hybridized carbons (Fsp3) is 0.778. The van der Waals surface area contributed by atoms with Crippen molar-refractivity contribution in [2.75, 3.05) is 42.3 Å². The van der Waals surface area contributed by atoms with Crippen LogP contribution in [0, 0.1) is 0 Å². The van der Waals surface area contributed by atoms with Crippen LogP contribution in [-0.2, 0) is 4.79 Å². The molecule has 5 nitrogen and oxygen atoms in total. The number of rotatable bonds is 0. The molecule has 0 aliphatic carbocycles. The third kappa shape index (κ3) is 8.99. The number of quaternary nitrogens is 1. The Kier molecular flexibility index (Phi) is 6.99. The van der Waals surface area contributed by atoms with Crippen molar-refractivity contribution in [2.24, 2.45) is 4.99 Å². The molecule has 0 aliphatic rings. The lowest BCUT2D eigenvalue weighted by molar-refractivity contribution is -0.782. The smallest absolute Gasteiger partial charge is 0.298 e. The van der Waals surface area contributed by atoms with Gasteiger partial charge in [-0.05, 0) is 6.92 Å². The first-order valence-corrected chi connectivity index (χ1v) is 4.26. The molecule has 0 saturated carbocycles. The molecule has 5 heteroatoms. The van der Waals surface area contributed by atoms with Gasteiger partial charge in [0.15, 0.2) is 0 Å². The third-order valence-corrected chi connectivity index (χ3v) is 1.20. The van der Waals surface area contributed by atoms with Gasteiger partial charge >= 0.3 is 0 Å². The second-order valence-electron chi connectivity index (χ2n) is 3.92. The quantitative estimate of drug-likeness (QED) is 0.288. The number of nitrogens with zero attached hydrogens (tertiary/aromatic N) is 3. The number of hydrogen-bond acceptors (Lipinski definition) is 3. The molecule has 0 spiro atoms.